The Labute approximate surface area is 157 Å². The van der Waals surface area contributed by atoms with Gasteiger partial charge in [0.1, 0.15) is 11.6 Å². The lowest BCUT2D eigenvalue weighted by molar-refractivity contribution is 0.411. The van der Waals surface area contributed by atoms with Crippen LogP contribution in [0.4, 0.5) is 4.39 Å². The molecular formula is C20H21FN2O3S. The lowest BCUT2D eigenvalue weighted by Gasteiger charge is -2.23. The summed E-state index contributed by atoms with van der Waals surface area (Å²) in [4.78, 5) is 3.54. The SMILES string of the molecule is COc1ccc(S(=O)(=O)NC2CCc3[nH]c4ccc(F)cc4c3C2)cc1C. The Morgan fingerprint density at radius 3 is 2.78 bits per heavy atom. The Balaban J connectivity index is 1.60. The fourth-order valence-electron chi connectivity index (χ4n) is 3.80. The standard InChI is InChI=1S/C20H21FN2O3S/c1-12-9-15(5-8-20(12)26-2)27(24,25)23-14-4-7-19-17(11-14)16-10-13(21)3-6-18(16)22-19/h3,5-6,8-10,14,22-23H,4,7,11H2,1-2H3. The summed E-state index contributed by atoms with van der Waals surface area (Å²) in [7, 11) is -2.09. The predicted molar refractivity (Wildman–Crippen MR) is 102 cm³/mol. The van der Waals surface area contributed by atoms with Gasteiger partial charge in [0.05, 0.1) is 12.0 Å². The normalized spacial score (nSPS) is 17.1. The lowest BCUT2D eigenvalue weighted by Crippen LogP contribution is -2.38. The molecule has 1 aliphatic carbocycles. The molecule has 0 saturated heterocycles. The van der Waals surface area contributed by atoms with Crippen LogP contribution in [0.2, 0.25) is 0 Å². The molecule has 0 radical (unpaired) electrons. The Morgan fingerprint density at radius 2 is 2.04 bits per heavy atom. The molecule has 2 N–H and O–H groups in total. The number of hydrogen-bond donors (Lipinski definition) is 2. The molecule has 142 valence electrons. The molecule has 1 atom stereocenters. The number of H-pyrrole nitrogens is 1. The van der Waals surface area contributed by atoms with Crippen molar-refractivity contribution in [2.24, 2.45) is 0 Å². The van der Waals surface area contributed by atoms with E-state index in [-0.39, 0.29) is 16.8 Å². The summed E-state index contributed by atoms with van der Waals surface area (Å²) in [5.74, 6) is 0.359. The molecule has 27 heavy (non-hydrogen) atoms. The summed E-state index contributed by atoms with van der Waals surface area (Å²) in [5.41, 5.74) is 3.70. The van der Waals surface area contributed by atoms with Gasteiger partial charge in [-0.05, 0) is 73.7 Å². The highest BCUT2D eigenvalue weighted by molar-refractivity contribution is 7.89. The quantitative estimate of drug-likeness (QED) is 0.719. The van der Waals surface area contributed by atoms with Crippen molar-refractivity contribution >= 4 is 20.9 Å². The fraction of sp³-hybridized carbons (Fsp3) is 0.300. The van der Waals surface area contributed by atoms with Crippen LogP contribution in [-0.4, -0.2) is 26.6 Å². The number of aryl methyl sites for hydroxylation is 2. The van der Waals surface area contributed by atoms with Gasteiger partial charge in [-0.25, -0.2) is 17.5 Å². The number of nitrogens with one attached hydrogen (secondary N) is 2. The van der Waals surface area contributed by atoms with Crippen LogP contribution in [0.1, 0.15) is 23.2 Å². The summed E-state index contributed by atoms with van der Waals surface area (Å²) < 4.78 is 47.2. The molecule has 0 bridgehead atoms. The number of ether oxygens (including phenoxy) is 1. The van der Waals surface area contributed by atoms with E-state index in [1.807, 2.05) is 6.92 Å². The van der Waals surface area contributed by atoms with E-state index in [0.29, 0.717) is 18.6 Å². The van der Waals surface area contributed by atoms with Gasteiger partial charge in [-0.15, -0.1) is 0 Å². The van der Waals surface area contributed by atoms with Gasteiger partial charge in [0.15, 0.2) is 0 Å². The maximum atomic E-state index is 13.6. The van der Waals surface area contributed by atoms with Gasteiger partial charge >= 0.3 is 0 Å². The van der Waals surface area contributed by atoms with Crippen LogP contribution >= 0.6 is 0 Å². The maximum absolute atomic E-state index is 13.6. The largest absolute Gasteiger partial charge is 0.496 e. The first kappa shape index (κ1) is 18.0. The first-order chi connectivity index (χ1) is 12.9. The predicted octanol–water partition coefficient (Wildman–Crippen LogP) is 3.46. The molecule has 2 aromatic carbocycles. The van der Waals surface area contributed by atoms with Crippen LogP contribution in [0.5, 0.6) is 5.75 Å². The molecule has 3 aromatic rings. The summed E-state index contributed by atoms with van der Waals surface area (Å²) in [6.07, 6.45) is 1.95. The van der Waals surface area contributed by atoms with Crippen molar-refractivity contribution in [3.63, 3.8) is 0 Å². The molecule has 1 aliphatic rings. The molecular weight excluding hydrogens is 367 g/mol. The molecule has 0 amide bonds. The smallest absolute Gasteiger partial charge is 0.240 e. The third-order valence-electron chi connectivity index (χ3n) is 5.15. The number of fused-ring (bicyclic) bond motifs is 3. The monoisotopic (exact) mass is 388 g/mol. The van der Waals surface area contributed by atoms with Crippen LogP contribution in [0.3, 0.4) is 0 Å². The molecule has 1 aromatic heterocycles. The Morgan fingerprint density at radius 1 is 1.22 bits per heavy atom. The number of sulfonamides is 1. The molecule has 1 heterocycles. The molecule has 0 spiro atoms. The van der Waals surface area contributed by atoms with Crippen molar-refractivity contribution in [1.29, 1.82) is 0 Å². The van der Waals surface area contributed by atoms with Crippen LogP contribution < -0.4 is 9.46 Å². The minimum atomic E-state index is -3.64. The Hall–Kier alpha value is -2.38. The van der Waals surface area contributed by atoms with Crippen molar-refractivity contribution in [3.05, 3.63) is 59.0 Å². The van der Waals surface area contributed by atoms with Crippen LogP contribution in [0.15, 0.2) is 41.3 Å². The lowest BCUT2D eigenvalue weighted by atomic mass is 9.92. The third-order valence-corrected chi connectivity index (χ3v) is 6.67. The number of aromatic nitrogens is 1. The number of methoxy groups -OCH3 is 1. The average Bonchev–Trinajstić information content (AvgIpc) is 2.98. The van der Waals surface area contributed by atoms with Crippen molar-refractivity contribution in [2.45, 2.75) is 37.1 Å². The zero-order chi connectivity index (χ0) is 19.2. The van der Waals surface area contributed by atoms with E-state index in [0.717, 1.165) is 34.1 Å². The molecule has 0 aliphatic heterocycles. The minimum Gasteiger partial charge on any atom is -0.496 e. The summed E-state index contributed by atoms with van der Waals surface area (Å²) in [6.45, 7) is 1.81. The molecule has 4 rings (SSSR count). The Kier molecular flexibility index (Phi) is 4.44. The summed E-state index contributed by atoms with van der Waals surface area (Å²) in [5, 5.41) is 0.828. The number of hydrogen-bond acceptors (Lipinski definition) is 3. The van der Waals surface area contributed by atoms with Crippen molar-refractivity contribution < 1.29 is 17.5 Å². The van der Waals surface area contributed by atoms with Crippen LogP contribution in [0, 0.1) is 12.7 Å². The molecule has 5 nitrogen and oxygen atoms in total. The zero-order valence-electron chi connectivity index (χ0n) is 15.2. The molecule has 0 saturated carbocycles. The van der Waals surface area contributed by atoms with Gasteiger partial charge < -0.3 is 9.72 Å². The van der Waals surface area contributed by atoms with E-state index >= 15 is 0 Å². The van der Waals surface area contributed by atoms with E-state index in [2.05, 4.69) is 9.71 Å². The van der Waals surface area contributed by atoms with Gasteiger partial charge in [-0.1, -0.05) is 0 Å². The van der Waals surface area contributed by atoms with Crippen LogP contribution in [-0.2, 0) is 22.9 Å². The first-order valence-corrected chi connectivity index (χ1v) is 10.3. The fourth-order valence-corrected chi connectivity index (χ4v) is 5.15. The van der Waals surface area contributed by atoms with Gasteiger partial charge in [-0.2, -0.15) is 0 Å². The van der Waals surface area contributed by atoms with Crippen molar-refractivity contribution in [2.75, 3.05) is 7.11 Å². The third kappa shape index (κ3) is 3.33. The second-order valence-electron chi connectivity index (χ2n) is 6.96. The van der Waals surface area contributed by atoms with E-state index in [1.54, 1.807) is 31.4 Å². The van der Waals surface area contributed by atoms with Gasteiger partial charge in [0.25, 0.3) is 0 Å². The summed E-state index contributed by atoms with van der Waals surface area (Å²) in [6, 6.07) is 9.24. The molecule has 1 unspecified atom stereocenters. The zero-order valence-corrected chi connectivity index (χ0v) is 16.0. The minimum absolute atomic E-state index is 0.219. The van der Waals surface area contributed by atoms with E-state index in [4.69, 9.17) is 4.74 Å². The number of aromatic amines is 1. The van der Waals surface area contributed by atoms with Crippen molar-refractivity contribution in [3.8, 4) is 5.75 Å². The summed E-state index contributed by atoms with van der Waals surface area (Å²) >= 11 is 0. The highest BCUT2D eigenvalue weighted by Crippen LogP contribution is 2.30. The van der Waals surface area contributed by atoms with E-state index < -0.39 is 10.0 Å². The first-order valence-electron chi connectivity index (χ1n) is 8.83. The van der Waals surface area contributed by atoms with Gasteiger partial charge in [0.2, 0.25) is 10.0 Å². The van der Waals surface area contributed by atoms with Crippen molar-refractivity contribution in [1.82, 2.24) is 9.71 Å². The molecule has 0 fully saturated rings. The van der Waals surface area contributed by atoms with Gasteiger partial charge in [-0.3, -0.25) is 0 Å². The second-order valence-corrected chi connectivity index (χ2v) is 8.68. The average molecular weight is 388 g/mol. The van der Waals surface area contributed by atoms with Crippen LogP contribution in [0.25, 0.3) is 10.9 Å². The maximum Gasteiger partial charge on any atom is 0.240 e. The number of halogens is 1. The Bertz CT molecular complexity index is 1120. The van der Waals surface area contributed by atoms with E-state index in [1.165, 1.54) is 12.1 Å². The topological polar surface area (TPSA) is 71.2 Å². The highest BCUT2D eigenvalue weighted by Gasteiger charge is 2.27. The van der Waals surface area contributed by atoms with Gasteiger partial charge in [0, 0.05) is 22.6 Å². The number of benzene rings is 2. The highest BCUT2D eigenvalue weighted by atomic mass is 32.2. The molecule has 7 heteroatoms. The second kappa shape index (κ2) is 6.65. The number of rotatable bonds is 4. The van der Waals surface area contributed by atoms with E-state index in [9.17, 15) is 12.8 Å².